The molecule has 0 atom stereocenters. The molecule has 0 unspecified atom stereocenters. The first kappa shape index (κ1) is 18.8. The van der Waals surface area contributed by atoms with Gasteiger partial charge in [0.1, 0.15) is 5.75 Å². The number of carbonyl (C=O) groups is 1. The summed E-state index contributed by atoms with van der Waals surface area (Å²) in [5, 5.41) is 12.5. The van der Waals surface area contributed by atoms with E-state index in [9.17, 15) is 4.79 Å². The fourth-order valence-electron chi connectivity index (χ4n) is 2.73. The highest BCUT2D eigenvalue weighted by Crippen LogP contribution is 2.29. The molecule has 1 amide bonds. The lowest BCUT2D eigenvalue weighted by Crippen LogP contribution is -2.14. The Morgan fingerprint density at radius 2 is 2.29 bits per heavy atom. The van der Waals surface area contributed by atoms with Crippen LogP contribution >= 0.6 is 34.9 Å². The monoisotopic (exact) mass is 431 g/mol. The number of thiophene rings is 1. The van der Waals surface area contributed by atoms with E-state index in [-0.39, 0.29) is 12.3 Å². The summed E-state index contributed by atoms with van der Waals surface area (Å²) in [5.74, 6) is 1.42. The van der Waals surface area contributed by atoms with Crippen LogP contribution in [0.5, 0.6) is 5.75 Å². The van der Waals surface area contributed by atoms with E-state index in [0.717, 1.165) is 26.7 Å². The van der Waals surface area contributed by atoms with Crippen molar-refractivity contribution in [2.24, 2.45) is 0 Å². The summed E-state index contributed by atoms with van der Waals surface area (Å²) < 4.78 is 8.82. The van der Waals surface area contributed by atoms with E-state index in [0.29, 0.717) is 23.1 Å². The molecule has 0 aliphatic rings. The van der Waals surface area contributed by atoms with E-state index in [4.69, 9.17) is 17.0 Å². The van der Waals surface area contributed by atoms with Gasteiger partial charge in [0.2, 0.25) is 5.91 Å². The Morgan fingerprint density at radius 3 is 3.07 bits per heavy atom. The molecule has 1 aromatic carbocycles. The fraction of sp³-hybridized carbons (Fsp3) is 0.222. The number of aromatic amines is 1. The summed E-state index contributed by atoms with van der Waals surface area (Å²) in [6.45, 7) is 2.99. The number of carbonyl (C=O) groups excluding carboxylic acids is 1. The number of nitrogens with one attached hydrogen (secondary N) is 2. The first-order chi connectivity index (χ1) is 13.6. The smallest absolute Gasteiger partial charge is 0.227 e. The summed E-state index contributed by atoms with van der Waals surface area (Å²) >= 11 is 8.31. The van der Waals surface area contributed by atoms with Crippen LogP contribution in [0.25, 0.3) is 20.9 Å². The number of H-pyrrole nitrogens is 1. The van der Waals surface area contributed by atoms with Gasteiger partial charge in [-0.1, -0.05) is 17.4 Å². The molecule has 0 aliphatic carbocycles. The highest BCUT2D eigenvalue weighted by Gasteiger charge is 2.13. The number of amides is 1. The van der Waals surface area contributed by atoms with Gasteiger partial charge >= 0.3 is 0 Å². The maximum atomic E-state index is 12.4. The Bertz CT molecular complexity index is 1160. The molecule has 7 nitrogen and oxygen atoms in total. The zero-order chi connectivity index (χ0) is 19.5. The number of thiazole rings is 1. The van der Waals surface area contributed by atoms with Gasteiger partial charge in [0.05, 0.1) is 21.7 Å². The van der Waals surface area contributed by atoms with Crippen molar-refractivity contribution in [3.05, 3.63) is 40.5 Å². The molecular formula is C18H17N5O2S3. The van der Waals surface area contributed by atoms with Crippen molar-refractivity contribution in [2.75, 3.05) is 11.9 Å². The normalized spacial score (nSPS) is 11.0. The van der Waals surface area contributed by atoms with E-state index in [1.54, 1.807) is 11.3 Å². The molecule has 0 saturated carbocycles. The van der Waals surface area contributed by atoms with Crippen LogP contribution in [-0.2, 0) is 11.3 Å². The molecule has 2 N–H and O–H groups in total. The predicted molar refractivity (Wildman–Crippen MR) is 115 cm³/mol. The third-order valence-electron chi connectivity index (χ3n) is 3.98. The van der Waals surface area contributed by atoms with Crippen LogP contribution in [0.15, 0.2) is 35.7 Å². The van der Waals surface area contributed by atoms with E-state index < -0.39 is 0 Å². The van der Waals surface area contributed by atoms with E-state index in [2.05, 4.69) is 20.5 Å². The third kappa shape index (κ3) is 3.98. The topological polar surface area (TPSA) is 84.8 Å². The van der Waals surface area contributed by atoms with Gasteiger partial charge < -0.3 is 10.1 Å². The van der Waals surface area contributed by atoms with Gasteiger partial charge in [0.15, 0.2) is 15.7 Å². The second-order valence-electron chi connectivity index (χ2n) is 5.86. The Balaban J connectivity index is 1.43. The zero-order valence-electron chi connectivity index (χ0n) is 15.0. The SMILES string of the molecule is CCOc1ccc2nc(NC(=O)CCn3c(-c4cccs4)n[nH]c3=S)sc2c1. The highest BCUT2D eigenvalue weighted by atomic mass is 32.1. The highest BCUT2D eigenvalue weighted by molar-refractivity contribution is 7.71. The van der Waals surface area contributed by atoms with Crippen LogP contribution in [0.4, 0.5) is 5.13 Å². The molecule has 28 heavy (non-hydrogen) atoms. The van der Waals surface area contributed by atoms with Gasteiger partial charge in [-0.05, 0) is 48.8 Å². The second kappa shape index (κ2) is 8.21. The number of hydrogen-bond acceptors (Lipinski definition) is 7. The summed E-state index contributed by atoms with van der Waals surface area (Å²) in [6.07, 6.45) is 0.270. The average molecular weight is 432 g/mol. The molecular weight excluding hydrogens is 414 g/mol. The number of anilines is 1. The average Bonchev–Trinajstić information content (AvgIpc) is 3.39. The maximum Gasteiger partial charge on any atom is 0.227 e. The Labute approximate surface area is 174 Å². The number of nitrogens with zero attached hydrogens (tertiary/aromatic N) is 3. The van der Waals surface area contributed by atoms with Gasteiger partial charge in [-0.25, -0.2) is 4.98 Å². The standard InChI is InChI=1S/C18H17N5O2S3/c1-2-25-11-5-6-12-14(10-11)28-17(19-12)20-15(24)7-8-23-16(21-22-18(23)26)13-4-3-9-27-13/h3-6,9-10H,2,7-8H2,1H3,(H,22,26)(H,19,20,24). The van der Waals surface area contributed by atoms with Crippen molar-refractivity contribution in [1.82, 2.24) is 19.7 Å². The van der Waals surface area contributed by atoms with Crippen LogP contribution in [-0.4, -0.2) is 32.3 Å². The molecule has 0 bridgehead atoms. The molecule has 144 valence electrons. The summed E-state index contributed by atoms with van der Waals surface area (Å²) in [5.41, 5.74) is 0.834. The zero-order valence-corrected chi connectivity index (χ0v) is 17.4. The van der Waals surface area contributed by atoms with E-state index in [1.807, 2.05) is 47.2 Å². The van der Waals surface area contributed by atoms with Crippen LogP contribution in [0, 0.1) is 4.77 Å². The van der Waals surface area contributed by atoms with Crippen LogP contribution in [0.3, 0.4) is 0 Å². The fourth-order valence-corrected chi connectivity index (χ4v) is 4.59. The van der Waals surface area contributed by atoms with Gasteiger partial charge in [-0.2, -0.15) is 5.10 Å². The van der Waals surface area contributed by atoms with Crippen LogP contribution < -0.4 is 10.1 Å². The Kier molecular flexibility index (Phi) is 5.51. The number of fused-ring (bicyclic) bond motifs is 1. The molecule has 4 aromatic rings. The summed E-state index contributed by atoms with van der Waals surface area (Å²) in [6, 6.07) is 9.64. The lowest BCUT2D eigenvalue weighted by atomic mass is 10.3. The van der Waals surface area contributed by atoms with Crippen molar-refractivity contribution >= 4 is 56.1 Å². The predicted octanol–water partition coefficient (Wildman–Crippen LogP) is 4.71. The molecule has 10 heteroatoms. The molecule has 0 saturated heterocycles. The second-order valence-corrected chi connectivity index (χ2v) is 8.23. The number of benzene rings is 1. The molecule has 3 aromatic heterocycles. The molecule has 0 aliphatic heterocycles. The van der Waals surface area contributed by atoms with Crippen molar-refractivity contribution in [3.63, 3.8) is 0 Å². The lowest BCUT2D eigenvalue weighted by molar-refractivity contribution is -0.116. The number of aromatic nitrogens is 4. The number of hydrogen-bond donors (Lipinski definition) is 2. The first-order valence-electron chi connectivity index (χ1n) is 8.66. The van der Waals surface area contributed by atoms with Gasteiger partial charge in [0, 0.05) is 13.0 Å². The molecule has 0 spiro atoms. The van der Waals surface area contributed by atoms with Crippen molar-refractivity contribution in [2.45, 2.75) is 19.9 Å². The van der Waals surface area contributed by atoms with Gasteiger partial charge in [0.25, 0.3) is 0 Å². The van der Waals surface area contributed by atoms with Crippen molar-refractivity contribution < 1.29 is 9.53 Å². The van der Waals surface area contributed by atoms with E-state index >= 15 is 0 Å². The quantitative estimate of drug-likeness (QED) is 0.414. The minimum absolute atomic E-state index is 0.121. The molecule has 0 radical (unpaired) electrons. The van der Waals surface area contributed by atoms with Crippen LogP contribution in [0.2, 0.25) is 0 Å². The molecule has 0 fully saturated rings. The first-order valence-corrected chi connectivity index (χ1v) is 10.8. The summed E-state index contributed by atoms with van der Waals surface area (Å²) in [4.78, 5) is 17.9. The minimum Gasteiger partial charge on any atom is -0.494 e. The van der Waals surface area contributed by atoms with Gasteiger partial charge in [-0.3, -0.25) is 14.5 Å². The van der Waals surface area contributed by atoms with Crippen molar-refractivity contribution in [1.29, 1.82) is 0 Å². The molecule has 3 heterocycles. The van der Waals surface area contributed by atoms with Gasteiger partial charge in [-0.15, -0.1) is 11.3 Å². The summed E-state index contributed by atoms with van der Waals surface area (Å²) in [7, 11) is 0. The number of rotatable bonds is 7. The largest absolute Gasteiger partial charge is 0.494 e. The van der Waals surface area contributed by atoms with Crippen molar-refractivity contribution in [3.8, 4) is 16.5 Å². The minimum atomic E-state index is -0.121. The Hall–Kier alpha value is -2.56. The number of ether oxygens (including phenoxy) is 1. The van der Waals surface area contributed by atoms with Crippen LogP contribution in [0.1, 0.15) is 13.3 Å². The lowest BCUT2D eigenvalue weighted by Gasteiger charge is -2.05. The molecule has 4 rings (SSSR count). The Morgan fingerprint density at radius 1 is 1.39 bits per heavy atom. The van der Waals surface area contributed by atoms with E-state index in [1.165, 1.54) is 11.3 Å². The third-order valence-corrected chi connectivity index (χ3v) is 6.09. The maximum absolute atomic E-state index is 12.4.